The van der Waals surface area contributed by atoms with Crippen LogP contribution in [0, 0.1) is 5.92 Å². The maximum atomic E-state index is 11.5. The van der Waals surface area contributed by atoms with E-state index in [1.165, 1.54) is 0 Å². The van der Waals surface area contributed by atoms with E-state index in [0.717, 1.165) is 17.0 Å². The van der Waals surface area contributed by atoms with Gasteiger partial charge < -0.3 is 15.8 Å². The summed E-state index contributed by atoms with van der Waals surface area (Å²) in [6.07, 6.45) is 0. The molecule has 4 nitrogen and oxygen atoms in total. The van der Waals surface area contributed by atoms with Crippen molar-refractivity contribution in [1.29, 1.82) is 0 Å². The van der Waals surface area contributed by atoms with Crippen molar-refractivity contribution >= 4 is 11.6 Å². The molecule has 0 saturated carbocycles. The fourth-order valence-electron chi connectivity index (χ4n) is 1.40. The van der Waals surface area contributed by atoms with Gasteiger partial charge in [-0.05, 0) is 25.1 Å². The number of hydrogen-bond donors (Lipinski definition) is 2. The molecule has 0 aliphatic heterocycles. The average Bonchev–Trinajstić information content (AvgIpc) is 2.31. The zero-order valence-electron chi connectivity index (χ0n) is 10.6. The lowest BCUT2D eigenvalue weighted by atomic mass is 10.1. The fraction of sp³-hybridized carbons (Fsp3) is 0.462. The molecule has 3 N–H and O–H groups in total. The van der Waals surface area contributed by atoms with Gasteiger partial charge in [-0.2, -0.15) is 0 Å². The second-order valence-corrected chi connectivity index (χ2v) is 4.10. The Balaban J connectivity index is 2.85. The standard InChI is InChI=1S/C13H20N2O2/c1-4-17-12-6-5-11(7-10(12)8-14)15-13(16)9(2)3/h5-7,9H,4,8,14H2,1-3H3,(H,15,16). The molecule has 0 heterocycles. The first-order chi connectivity index (χ1) is 8.08. The van der Waals surface area contributed by atoms with Crippen molar-refractivity contribution in [2.75, 3.05) is 11.9 Å². The van der Waals surface area contributed by atoms with Gasteiger partial charge in [0.1, 0.15) is 5.75 Å². The molecular formula is C13H20N2O2. The maximum absolute atomic E-state index is 11.5. The molecule has 1 amide bonds. The molecule has 0 saturated heterocycles. The third kappa shape index (κ3) is 3.75. The number of amides is 1. The van der Waals surface area contributed by atoms with Crippen LogP contribution in [0.2, 0.25) is 0 Å². The van der Waals surface area contributed by atoms with Crippen molar-refractivity contribution in [2.45, 2.75) is 27.3 Å². The van der Waals surface area contributed by atoms with Crippen LogP contribution in [0.15, 0.2) is 18.2 Å². The summed E-state index contributed by atoms with van der Waals surface area (Å²) in [6, 6.07) is 5.51. The Bertz CT molecular complexity index is 389. The van der Waals surface area contributed by atoms with Gasteiger partial charge in [-0.3, -0.25) is 4.79 Å². The number of ether oxygens (including phenoxy) is 1. The number of hydrogen-bond acceptors (Lipinski definition) is 3. The van der Waals surface area contributed by atoms with Crippen LogP contribution < -0.4 is 15.8 Å². The predicted octanol–water partition coefficient (Wildman–Crippen LogP) is 2.14. The first-order valence-electron chi connectivity index (χ1n) is 5.85. The molecule has 0 fully saturated rings. The Kier molecular flexibility index (Phi) is 4.97. The lowest BCUT2D eigenvalue weighted by Crippen LogP contribution is -2.18. The largest absolute Gasteiger partial charge is 0.494 e. The normalized spacial score (nSPS) is 10.4. The summed E-state index contributed by atoms with van der Waals surface area (Å²) in [5.74, 6) is 0.734. The van der Waals surface area contributed by atoms with Gasteiger partial charge in [0.05, 0.1) is 6.61 Å². The highest BCUT2D eigenvalue weighted by atomic mass is 16.5. The number of carbonyl (C=O) groups is 1. The number of carbonyl (C=O) groups excluding carboxylic acids is 1. The van der Waals surface area contributed by atoms with Crippen LogP contribution >= 0.6 is 0 Å². The minimum Gasteiger partial charge on any atom is -0.494 e. The van der Waals surface area contributed by atoms with Gasteiger partial charge in [-0.1, -0.05) is 13.8 Å². The molecule has 1 rings (SSSR count). The maximum Gasteiger partial charge on any atom is 0.226 e. The van der Waals surface area contributed by atoms with E-state index in [2.05, 4.69) is 5.32 Å². The van der Waals surface area contributed by atoms with Crippen molar-refractivity contribution in [3.63, 3.8) is 0 Å². The van der Waals surface area contributed by atoms with Gasteiger partial charge in [-0.15, -0.1) is 0 Å². The molecule has 1 aromatic carbocycles. The summed E-state index contributed by atoms with van der Waals surface area (Å²) in [5.41, 5.74) is 7.30. The highest BCUT2D eigenvalue weighted by Gasteiger charge is 2.09. The van der Waals surface area contributed by atoms with Crippen LogP contribution in [0.3, 0.4) is 0 Å². The SMILES string of the molecule is CCOc1ccc(NC(=O)C(C)C)cc1CN. The predicted molar refractivity (Wildman–Crippen MR) is 69.0 cm³/mol. The fourth-order valence-corrected chi connectivity index (χ4v) is 1.40. The molecule has 1 aromatic rings. The van der Waals surface area contributed by atoms with E-state index in [-0.39, 0.29) is 11.8 Å². The number of rotatable bonds is 5. The Morgan fingerprint density at radius 2 is 2.18 bits per heavy atom. The third-order valence-corrected chi connectivity index (χ3v) is 2.37. The molecule has 0 radical (unpaired) electrons. The highest BCUT2D eigenvalue weighted by Crippen LogP contribution is 2.22. The van der Waals surface area contributed by atoms with E-state index in [0.29, 0.717) is 13.2 Å². The second-order valence-electron chi connectivity index (χ2n) is 4.10. The first-order valence-corrected chi connectivity index (χ1v) is 5.85. The van der Waals surface area contributed by atoms with Gasteiger partial charge >= 0.3 is 0 Å². The Labute approximate surface area is 102 Å². The molecule has 0 aliphatic carbocycles. The number of anilines is 1. The van der Waals surface area contributed by atoms with E-state index in [1.54, 1.807) is 0 Å². The summed E-state index contributed by atoms with van der Waals surface area (Å²) in [7, 11) is 0. The smallest absolute Gasteiger partial charge is 0.226 e. The van der Waals surface area contributed by atoms with Crippen molar-refractivity contribution in [2.24, 2.45) is 11.7 Å². The van der Waals surface area contributed by atoms with Crippen molar-refractivity contribution < 1.29 is 9.53 Å². The number of nitrogens with one attached hydrogen (secondary N) is 1. The van der Waals surface area contributed by atoms with Gasteiger partial charge in [-0.25, -0.2) is 0 Å². The molecule has 0 unspecified atom stereocenters. The molecule has 0 atom stereocenters. The quantitative estimate of drug-likeness (QED) is 0.823. The summed E-state index contributed by atoms with van der Waals surface area (Å²) in [5, 5.41) is 2.84. The van der Waals surface area contributed by atoms with Crippen LogP contribution in [0.5, 0.6) is 5.75 Å². The van der Waals surface area contributed by atoms with E-state index in [4.69, 9.17) is 10.5 Å². The number of benzene rings is 1. The Morgan fingerprint density at radius 3 is 2.71 bits per heavy atom. The number of nitrogens with two attached hydrogens (primary N) is 1. The Morgan fingerprint density at radius 1 is 1.47 bits per heavy atom. The van der Waals surface area contributed by atoms with Crippen LogP contribution in [0.25, 0.3) is 0 Å². The van der Waals surface area contributed by atoms with E-state index in [9.17, 15) is 4.79 Å². The summed E-state index contributed by atoms with van der Waals surface area (Å²) >= 11 is 0. The topological polar surface area (TPSA) is 64.3 Å². The van der Waals surface area contributed by atoms with Crippen molar-refractivity contribution in [1.82, 2.24) is 0 Å². The zero-order chi connectivity index (χ0) is 12.8. The highest BCUT2D eigenvalue weighted by molar-refractivity contribution is 5.92. The van der Waals surface area contributed by atoms with Crippen LogP contribution in [-0.4, -0.2) is 12.5 Å². The molecule has 0 aromatic heterocycles. The van der Waals surface area contributed by atoms with E-state index >= 15 is 0 Å². The minimum absolute atomic E-state index is 0.00266. The van der Waals surface area contributed by atoms with Gasteiger partial charge in [0.25, 0.3) is 0 Å². The van der Waals surface area contributed by atoms with E-state index in [1.807, 2.05) is 39.0 Å². The lowest BCUT2D eigenvalue weighted by Gasteiger charge is -2.12. The molecule has 4 heteroatoms. The van der Waals surface area contributed by atoms with Gasteiger partial charge in [0.2, 0.25) is 5.91 Å². The van der Waals surface area contributed by atoms with Gasteiger partial charge in [0, 0.05) is 23.7 Å². The Hall–Kier alpha value is -1.55. The van der Waals surface area contributed by atoms with Crippen LogP contribution in [0.4, 0.5) is 5.69 Å². The summed E-state index contributed by atoms with van der Waals surface area (Å²) in [4.78, 5) is 11.5. The minimum atomic E-state index is -0.0390. The second kappa shape index (κ2) is 6.25. The van der Waals surface area contributed by atoms with Crippen LogP contribution in [0.1, 0.15) is 26.3 Å². The molecule has 94 valence electrons. The van der Waals surface area contributed by atoms with Crippen molar-refractivity contribution in [3.05, 3.63) is 23.8 Å². The molecule has 17 heavy (non-hydrogen) atoms. The van der Waals surface area contributed by atoms with Crippen molar-refractivity contribution in [3.8, 4) is 5.75 Å². The monoisotopic (exact) mass is 236 g/mol. The summed E-state index contributed by atoms with van der Waals surface area (Å²) < 4.78 is 5.44. The third-order valence-electron chi connectivity index (χ3n) is 2.37. The van der Waals surface area contributed by atoms with Crippen LogP contribution in [-0.2, 0) is 11.3 Å². The molecule has 0 bridgehead atoms. The molecule has 0 aliphatic rings. The molecular weight excluding hydrogens is 216 g/mol. The zero-order valence-corrected chi connectivity index (χ0v) is 10.6. The lowest BCUT2D eigenvalue weighted by molar-refractivity contribution is -0.118. The first kappa shape index (κ1) is 13.5. The molecule has 0 spiro atoms. The summed E-state index contributed by atoms with van der Waals surface area (Å²) in [6.45, 7) is 6.63. The van der Waals surface area contributed by atoms with E-state index < -0.39 is 0 Å². The average molecular weight is 236 g/mol. The van der Waals surface area contributed by atoms with Gasteiger partial charge in [0.15, 0.2) is 0 Å².